The molecule has 0 amide bonds. The van der Waals surface area contributed by atoms with Crippen molar-refractivity contribution >= 4 is 11.6 Å². The van der Waals surface area contributed by atoms with Crippen LogP contribution in [0.3, 0.4) is 0 Å². The van der Waals surface area contributed by atoms with Crippen molar-refractivity contribution in [2.75, 3.05) is 55.8 Å². The summed E-state index contributed by atoms with van der Waals surface area (Å²) < 4.78 is 11.3. The predicted molar refractivity (Wildman–Crippen MR) is 95.0 cm³/mol. The van der Waals surface area contributed by atoms with E-state index in [0.29, 0.717) is 0 Å². The van der Waals surface area contributed by atoms with Gasteiger partial charge in [0.25, 0.3) is 0 Å². The second kappa shape index (κ2) is 7.05. The molecule has 0 bridgehead atoms. The van der Waals surface area contributed by atoms with Gasteiger partial charge < -0.3 is 24.4 Å². The number of aromatic nitrogens is 2. The van der Waals surface area contributed by atoms with Gasteiger partial charge in [-0.05, 0) is 19.8 Å². The lowest BCUT2D eigenvalue weighted by atomic mass is 9.58. The summed E-state index contributed by atoms with van der Waals surface area (Å²) in [5, 5.41) is 10.3. The minimum atomic E-state index is -0.222. The van der Waals surface area contributed by atoms with E-state index in [-0.39, 0.29) is 17.6 Å². The molecular formula is C18H28N4O3. The second-order valence-corrected chi connectivity index (χ2v) is 7.25. The Morgan fingerprint density at radius 2 is 1.80 bits per heavy atom. The van der Waals surface area contributed by atoms with E-state index in [1.54, 1.807) is 6.33 Å². The van der Waals surface area contributed by atoms with Crippen LogP contribution in [-0.2, 0) is 9.47 Å². The van der Waals surface area contributed by atoms with Gasteiger partial charge in [-0.1, -0.05) is 0 Å². The van der Waals surface area contributed by atoms with Gasteiger partial charge in [-0.15, -0.1) is 0 Å². The number of aliphatic hydroxyl groups is 1. The van der Waals surface area contributed by atoms with E-state index in [9.17, 15) is 5.11 Å². The molecule has 1 aromatic rings. The Labute approximate surface area is 149 Å². The molecule has 1 saturated carbocycles. The fourth-order valence-electron chi connectivity index (χ4n) is 4.44. The number of ether oxygens (including phenoxy) is 2. The van der Waals surface area contributed by atoms with Crippen LogP contribution in [0.1, 0.15) is 26.2 Å². The van der Waals surface area contributed by atoms with E-state index in [4.69, 9.17) is 9.47 Å². The SMILES string of the molecule is CCO[C@H]1C[C@H](O)C12CCN(c1cc(N3CCOCC3)ncn1)CC2. The number of hydrogen-bond acceptors (Lipinski definition) is 7. The number of aliphatic hydroxyl groups excluding tert-OH is 1. The van der Waals surface area contributed by atoms with E-state index >= 15 is 0 Å². The molecule has 2 saturated heterocycles. The van der Waals surface area contributed by atoms with Gasteiger partial charge >= 0.3 is 0 Å². The third-order valence-corrected chi connectivity index (χ3v) is 6.10. The van der Waals surface area contributed by atoms with Gasteiger partial charge in [0.05, 0.1) is 25.4 Å². The summed E-state index contributed by atoms with van der Waals surface area (Å²) in [6, 6.07) is 2.08. The lowest BCUT2D eigenvalue weighted by Gasteiger charge is -2.56. The molecule has 25 heavy (non-hydrogen) atoms. The van der Waals surface area contributed by atoms with Crippen molar-refractivity contribution in [3.05, 3.63) is 12.4 Å². The van der Waals surface area contributed by atoms with Gasteiger partial charge in [-0.25, -0.2) is 9.97 Å². The highest BCUT2D eigenvalue weighted by atomic mass is 16.5. The minimum absolute atomic E-state index is 0.0490. The highest BCUT2D eigenvalue weighted by molar-refractivity contribution is 5.50. The van der Waals surface area contributed by atoms with E-state index in [1.807, 2.05) is 6.92 Å². The zero-order valence-corrected chi connectivity index (χ0v) is 14.9. The maximum absolute atomic E-state index is 10.3. The van der Waals surface area contributed by atoms with E-state index in [2.05, 4.69) is 25.8 Å². The lowest BCUT2D eigenvalue weighted by Crippen LogP contribution is -2.62. The first-order valence-electron chi connectivity index (χ1n) is 9.42. The minimum Gasteiger partial charge on any atom is -0.392 e. The fraction of sp³-hybridized carbons (Fsp3) is 0.778. The number of hydrogen-bond donors (Lipinski definition) is 1. The number of anilines is 2. The summed E-state index contributed by atoms with van der Waals surface area (Å²) in [5.74, 6) is 1.96. The first kappa shape index (κ1) is 17.0. The molecule has 2 aliphatic heterocycles. The molecule has 7 nitrogen and oxygen atoms in total. The van der Waals surface area contributed by atoms with Crippen molar-refractivity contribution in [1.82, 2.24) is 9.97 Å². The molecule has 1 spiro atoms. The monoisotopic (exact) mass is 348 g/mol. The lowest BCUT2D eigenvalue weighted by molar-refractivity contribution is -0.199. The summed E-state index contributed by atoms with van der Waals surface area (Å²) >= 11 is 0. The summed E-state index contributed by atoms with van der Waals surface area (Å²) in [6.45, 7) is 7.81. The average Bonchev–Trinajstić information content (AvgIpc) is 2.69. The number of piperidine rings is 1. The molecule has 2 atom stereocenters. The topological polar surface area (TPSA) is 71.0 Å². The summed E-state index contributed by atoms with van der Waals surface area (Å²) in [7, 11) is 0. The van der Waals surface area contributed by atoms with Crippen LogP contribution in [0.2, 0.25) is 0 Å². The molecule has 4 rings (SSSR count). The smallest absolute Gasteiger partial charge is 0.134 e. The van der Waals surface area contributed by atoms with Crippen LogP contribution in [-0.4, -0.2) is 73.3 Å². The molecule has 0 aromatic carbocycles. The summed E-state index contributed by atoms with van der Waals surface area (Å²) in [6.07, 6.45) is 4.34. The van der Waals surface area contributed by atoms with Gasteiger partial charge in [0.2, 0.25) is 0 Å². The van der Waals surface area contributed by atoms with E-state index in [1.165, 1.54) is 0 Å². The predicted octanol–water partition coefficient (Wildman–Crippen LogP) is 1.07. The van der Waals surface area contributed by atoms with Gasteiger partial charge in [0.15, 0.2) is 0 Å². The van der Waals surface area contributed by atoms with Crippen LogP contribution in [0.25, 0.3) is 0 Å². The van der Waals surface area contributed by atoms with Crippen LogP contribution < -0.4 is 9.80 Å². The first-order valence-corrected chi connectivity index (χ1v) is 9.42. The van der Waals surface area contributed by atoms with Gasteiger partial charge in [0.1, 0.15) is 18.0 Å². The van der Waals surface area contributed by atoms with Crippen molar-refractivity contribution in [3.63, 3.8) is 0 Å². The Morgan fingerprint density at radius 3 is 2.40 bits per heavy atom. The molecule has 138 valence electrons. The van der Waals surface area contributed by atoms with Crippen molar-refractivity contribution in [2.45, 2.75) is 38.4 Å². The van der Waals surface area contributed by atoms with Crippen molar-refractivity contribution in [2.24, 2.45) is 5.41 Å². The molecule has 1 N–H and O–H groups in total. The maximum Gasteiger partial charge on any atom is 0.134 e. The first-order chi connectivity index (χ1) is 12.2. The Balaban J connectivity index is 1.42. The van der Waals surface area contributed by atoms with Crippen molar-refractivity contribution < 1.29 is 14.6 Å². The van der Waals surface area contributed by atoms with Crippen molar-refractivity contribution in [3.8, 4) is 0 Å². The molecular weight excluding hydrogens is 320 g/mol. The molecule has 1 aromatic heterocycles. The van der Waals surface area contributed by atoms with Crippen LogP contribution in [0.15, 0.2) is 12.4 Å². The van der Waals surface area contributed by atoms with Crippen LogP contribution in [0, 0.1) is 5.41 Å². The van der Waals surface area contributed by atoms with E-state index < -0.39 is 0 Å². The third kappa shape index (κ3) is 3.09. The highest BCUT2D eigenvalue weighted by Gasteiger charge is 2.56. The number of nitrogens with zero attached hydrogens (tertiary/aromatic N) is 4. The molecule has 1 aliphatic carbocycles. The maximum atomic E-state index is 10.3. The highest BCUT2D eigenvalue weighted by Crippen LogP contribution is 2.51. The molecule has 3 fully saturated rings. The summed E-state index contributed by atoms with van der Waals surface area (Å²) in [5.41, 5.74) is -0.0490. The van der Waals surface area contributed by atoms with Gasteiger partial charge in [0, 0.05) is 50.7 Å². The Morgan fingerprint density at radius 1 is 1.16 bits per heavy atom. The Hall–Kier alpha value is -1.44. The molecule has 0 radical (unpaired) electrons. The number of rotatable bonds is 4. The molecule has 7 heteroatoms. The van der Waals surface area contributed by atoms with Crippen LogP contribution in [0.5, 0.6) is 0 Å². The van der Waals surface area contributed by atoms with Crippen LogP contribution >= 0.6 is 0 Å². The zero-order chi connectivity index (χ0) is 17.3. The van der Waals surface area contributed by atoms with Gasteiger partial charge in [-0.2, -0.15) is 0 Å². The third-order valence-electron chi connectivity index (χ3n) is 6.10. The second-order valence-electron chi connectivity index (χ2n) is 7.25. The zero-order valence-electron chi connectivity index (χ0n) is 14.9. The molecule has 0 unspecified atom stereocenters. The number of morpholine rings is 1. The molecule has 3 heterocycles. The quantitative estimate of drug-likeness (QED) is 0.873. The average molecular weight is 348 g/mol. The normalized spacial score (nSPS) is 28.9. The largest absolute Gasteiger partial charge is 0.392 e. The molecule has 3 aliphatic rings. The van der Waals surface area contributed by atoms with E-state index in [0.717, 1.165) is 76.9 Å². The summed E-state index contributed by atoms with van der Waals surface area (Å²) in [4.78, 5) is 13.5. The Kier molecular flexibility index (Phi) is 4.80. The standard InChI is InChI=1S/C18H28N4O3/c1-2-25-15-11-14(23)18(15)3-5-21(6-4-18)16-12-17(20-13-19-16)22-7-9-24-10-8-22/h12-15,23H,2-11H2,1H3/t14-,15-/m0/s1. The van der Waals surface area contributed by atoms with Crippen molar-refractivity contribution in [1.29, 1.82) is 0 Å². The Bertz CT molecular complexity index is 583. The van der Waals surface area contributed by atoms with Gasteiger partial charge in [-0.3, -0.25) is 0 Å². The fourth-order valence-corrected chi connectivity index (χ4v) is 4.44. The van der Waals surface area contributed by atoms with Crippen LogP contribution in [0.4, 0.5) is 11.6 Å².